The number of pyridine rings is 2. The molecule has 1 aliphatic rings. The van der Waals surface area contributed by atoms with Crippen LogP contribution in [0.2, 0.25) is 5.15 Å². The Morgan fingerprint density at radius 1 is 1.24 bits per heavy atom. The molecule has 0 amide bonds. The summed E-state index contributed by atoms with van der Waals surface area (Å²) < 4.78 is 81.2. The van der Waals surface area contributed by atoms with E-state index in [1.54, 1.807) is 0 Å². The highest BCUT2D eigenvalue weighted by atomic mass is 35.5. The number of nitrogens with zero attached hydrogens (tertiary/aromatic N) is 1. The smallest absolute Gasteiger partial charge is 0.417 e. The number of aromatic amines is 1. The van der Waals surface area contributed by atoms with Crippen molar-refractivity contribution in [2.24, 2.45) is 5.92 Å². The number of alkyl halides is 3. The van der Waals surface area contributed by atoms with E-state index in [-0.39, 0.29) is 21.8 Å². The highest BCUT2D eigenvalue weighted by molar-refractivity contribution is 6.34. The summed E-state index contributed by atoms with van der Waals surface area (Å²) in [6.45, 7) is 2.19. The fraction of sp³-hybridized carbons (Fsp3) is 0.364. The Bertz CT molecular complexity index is 1300. The van der Waals surface area contributed by atoms with Crippen LogP contribution in [0.3, 0.4) is 0 Å². The average Bonchev–Trinajstić information content (AvgIpc) is 3.02. The number of hydrogen-bond acceptors (Lipinski definition) is 4. The van der Waals surface area contributed by atoms with E-state index in [4.69, 9.17) is 21.1 Å². The molecule has 0 aliphatic carbocycles. The summed E-state index contributed by atoms with van der Waals surface area (Å²) in [5, 5.41) is 0.330. The summed E-state index contributed by atoms with van der Waals surface area (Å²) >= 11 is 5.99. The normalized spacial score (nSPS) is 25.5. The zero-order valence-electron chi connectivity index (χ0n) is 17.6. The summed E-state index contributed by atoms with van der Waals surface area (Å²) in [6, 6.07) is 4.89. The van der Waals surface area contributed by atoms with Crippen molar-refractivity contribution >= 4 is 22.4 Å². The highest BCUT2D eigenvalue weighted by Gasteiger charge is 2.65. The topological polar surface area (TPSA) is 64.2 Å². The van der Waals surface area contributed by atoms with Gasteiger partial charge >= 0.3 is 6.18 Å². The van der Waals surface area contributed by atoms with Crippen molar-refractivity contribution in [3.05, 3.63) is 68.9 Å². The van der Waals surface area contributed by atoms with Gasteiger partial charge in [-0.2, -0.15) is 17.6 Å². The Morgan fingerprint density at radius 3 is 2.58 bits per heavy atom. The largest absolute Gasteiger partial charge is 0.493 e. The van der Waals surface area contributed by atoms with Gasteiger partial charge in [0.2, 0.25) is 5.82 Å². The highest BCUT2D eigenvalue weighted by Crippen LogP contribution is 2.59. The third kappa shape index (κ3) is 3.56. The molecule has 3 heterocycles. The second-order valence-corrected chi connectivity index (χ2v) is 8.42. The van der Waals surface area contributed by atoms with E-state index in [1.807, 2.05) is 0 Å². The van der Waals surface area contributed by atoms with Gasteiger partial charge in [-0.15, -0.1) is 0 Å². The standard InChI is InChI=1S/C22H18ClF5N2O3/c1-9-14(11-4-5-12(24)16(25)17(11)32-3)18(33-21(9,2)22(26,27)28)13-8-10-6-7-29-19(23)15(10)20(31)30-13/h4-9,14,18H,1-3H3,(H,30,31)/t9-,14-,18-,21+/m0/s1. The van der Waals surface area contributed by atoms with Crippen molar-refractivity contribution < 1.29 is 31.4 Å². The lowest BCUT2D eigenvalue weighted by atomic mass is 9.76. The molecule has 1 N–H and O–H groups in total. The van der Waals surface area contributed by atoms with Crippen LogP contribution in [0.5, 0.6) is 5.75 Å². The maximum atomic E-state index is 14.5. The van der Waals surface area contributed by atoms with Gasteiger partial charge in [0.25, 0.3) is 5.56 Å². The van der Waals surface area contributed by atoms with Crippen LogP contribution in [0, 0.1) is 17.6 Å². The molecular weight excluding hydrogens is 471 g/mol. The molecule has 1 saturated heterocycles. The number of ether oxygens (including phenoxy) is 2. The van der Waals surface area contributed by atoms with E-state index in [0.29, 0.717) is 5.39 Å². The van der Waals surface area contributed by atoms with Crippen molar-refractivity contribution in [3.63, 3.8) is 0 Å². The maximum Gasteiger partial charge on any atom is 0.417 e. The van der Waals surface area contributed by atoms with Crippen molar-refractivity contribution in [1.82, 2.24) is 9.97 Å². The minimum atomic E-state index is -4.80. The summed E-state index contributed by atoms with van der Waals surface area (Å²) in [6.07, 6.45) is -4.81. The lowest BCUT2D eigenvalue weighted by Gasteiger charge is -2.32. The van der Waals surface area contributed by atoms with Gasteiger partial charge in [-0.05, 0) is 30.5 Å². The van der Waals surface area contributed by atoms with Crippen molar-refractivity contribution in [1.29, 1.82) is 0 Å². The van der Waals surface area contributed by atoms with Crippen molar-refractivity contribution in [3.8, 4) is 5.75 Å². The molecule has 0 spiro atoms. The van der Waals surface area contributed by atoms with Gasteiger partial charge < -0.3 is 14.5 Å². The van der Waals surface area contributed by atoms with Gasteiger partial charge in [0.1, 0.15) is 11.3 Å². The van der Waals surface area contributed by atoms with Crippen LogP contribution in [-0.2, 0) is 4.74 Å². The molecule has 11 heteroatoms. The molecule has 1 fully saturated rings. The van der Waals surface area contributed by atoms with Gasteiger partial charge in [-0.3, -0.25) is 4.79 Å². The molecule has 0 bridgehead atoms. The molecule has 176 valence electrons. The number of methoxy groups -OCH3 is 1. The Balaban J connectivity index is 1.97. The Labute approximate surface area is 189 Å². The quantitative estimate of drug-likeness (QED) is 0.381. The van der Waals surface area contributed by atoms with E-state index in [0.717, 1.165) is 26.2 Å². The molecule has 1 aliphatic heterocycles. The van der Waals surface area contributed by atoms with Crippen molar-refractivity contribution in [2.75, 3.05) is 7.11 Å². The lowest BCUT2D eigenvalue weighted by molar-refractivity contribution is -0.275. The molecule has 4 atom stereocenters. The third-order valence-electron chi connectivity index (χ3n) is 6.35. The Morgan fingerprint density at radius 2 is 1.94 bits per heavy atom. The van der Waals surface area contributed by atoms with Crippen molar-refractivity contribution in [2.45, 2.75) is 37.6 Å². The minimum Gasteiger partial charge on any atom is -0.493 e. The Kier molecular flexibility index (Phi) is 5.65. The molecular formula is C22H18ClF5N2O3. The van der Waals surface area contributed by atoms with Gasteiger partial charge in [0, 0.05) is 29.3 Å². The molecule has 0 saturated carbocycles. The van der Waals surface area contributed by atoms with E-state index >= 15 is 0 Å². The monoisotopic (exact) mass is 488 g/mol. The molecule has 2 aromatic heterocycles. The van der Waals surface area contributed by atoms with E-state index in [1.165, 1.54) is 25.3 Å². The number of halogens is 6. The first-order valence-electron chi connectivity index (χ1n) is 9.84. The number of nitrogens with one attached hydrogen (secondary N) is 1. The number of fused-ring (bicyclic) bond motifs is 1. The summed E-state index contributed by atoms with van der Waals surface area (Å²) in [4.78, 5) is 19.1. The first-order chi connectivity index (χ1) is 15.4. The molecule has 0 unspecified atom stereocenters. The number of benzene rings is 1. The van der Waals surface area contributed by atoms with Crippen LogP contribution in [0.25, 0.3) is 10.8 Å². The van der Waals surface area contributed by atoms with Crippen LogP contribution in [0.4, 0.5) is 22.0 Å². The van der Waals surface area contributed by atoms with Crippen LogP contribution in [-0.4, -0.2) is 28.9 Å². The maximum absolute atomic E-state index is 14.5. The second-order valence-electron chi connectivity index (χ2n) is 8.06. The van der Waals surface area contributed by atoms with E-state index in [2.05, 4.69) is 9.97 Å². The summed E-state index contributed by atoms with van der Waals surface area (Å²) in [7, 11) is 1.09. The SMILES string of the molecule is COc1c([C@H]2[C@H](c3cc4ccnc(Cl)c4c(=O)[nH]3)O[C@@](C)(C(F)(F)F)[C@H]2C)ccc(F)c1F. The number of aromatic nitrogens is 2. The predicted molar refractivity (Wildman–Crippen MR) is 110 cm³/mol. The predicted octanol–water partition coefficient (Wildman–Crippen LogP) is 5.68. The fourth-order valence-corrected chi connectivity index (χ4v) is 4.68. The van der Waals surface area contributed by atoms with E-state index in [9.17, 15) is 26.7 Å². The third-order valence-corrected chi connectivity index (χ3v) is 6.64. The summed E-state index contributed by atoms with van der Waals surface area (Å²) in [5.41, 5.74) is -3.32. The molecule has 3 aromatic rings. The first kappa shape index (κ1) is 23.4. The Hall–Kier alpha value is -2.72. The molecule has 4 rings (SSSR count). The van der Waals surface area contributed by atoms with Gasteiger partial charge in [-0.1, -0.05) is 24.6 Å². The zero-order valence-corrected chi connectivity index (χ0v) is 18.3. The van der Waals surface area contributed by atoms with Crippen LogP contribution in [0.15, 0.2) is 35.3 Å². The second kappa shape index (κ2) is 7.95. The van der Waals surface area contributed by atoms with Gasteiger partial charge in [-0.25, -0.2) is 9.37 Å². The first-order valence-corrected chi connectivity index (χ1v) is 10.2. The number of hydrogen-bond donors (Lipinski definition) is 1. The minimum absolute atomic E-state index is 0.0180. The van der Waals surface area contributed by atoms with Gasteiger partial charge in [0.05, 0.1) is 12.5 Å². The fourth-order valence-electron chi connectivity index (χ4n) is 4.43. The zero-order chi connectivity index (χ0) is 24.3. The number of rotatable bonds is 3. The molecule has 5 nitrogen and oxygen atoms in total. The average molecular weight is 489 g/mol. The van der Waals surface area contributed by atoms with Crippen LogP contribution in [0.1, 0.15) is 37.1 Å². The number of H-pyrrole nitrogens is 1. The van der Waals surface area contributed by atoms with Crippen LogP contribution >= 0.6 is 11.6 Å². The summed E-state index contributed by atoms with van der Waals surface area (Å²) in [5.74, 6) is -5.47. The van der Waals surface area contributed by atoms with E-state index < -0.39 is 52.7 Å². The van der Waals surface area contributed by atoms with Crippen LogP contribution < -0.4 is 10.3 Å². The van der Waals surface area contributed by atoms with Gasteiger partial charge in [0.15, 0.2) is 17.2 Å². The molecule has 0 radical (unpaired) electrons. The molecule has 33 heavy (non-hydrogen) atoms. The molecule has 1 aromatic carbocycles. The lowest BCUT2D eigenvalue weighted by Crippen LogP contribution is -2.46.